The molecule has 2 heterocycles. The van der Waals surface area contributed by atoms with E-state index in [1.807, 2.05) is 61.3 Å². The number of ether oxygens (including phenoxy) is 1. The molecule has 6 heteroatoms. The second kappa shape index (κ2) is 10.5. The maximum Gasteiger partial charge on any atom is 0.254 e. The minimum atomic E-state index is -1.08. The average Bonchev–Trinajstić information content (AvgIpc) is 3.33. The lowest BCUT2D eigenvalue weighted by Gasteiger charge is -2.42. The predicted octanol–water partition coefficient (Wildman–Crippen LogP) is 3.99. The van der Waals surface area contributed by atoms with Crippen molar-refractivity contribution in [3.63, 3.8) is 0 Å². The fourth-order valence-corrected chi connectivity index (χ4v) is 4.98. The van der Waals surface area contributed by atoms with E-state index in [0.717, 1.165) is 29.5 Å². The second-order valence-corrected chi connectivity index (χ2v) is 9.76. The summed E-state index contributed by atoms with van der Waals surface area (Å²) in [4.78, 5) is 32.5. The van der Waals surface area contributed by atoms with Crippen LogP contribution in [-0.4, -0.2) is 53.0 Å². The summed E-state index contributed by atoms with van der Waals surface area (Å²) < 4.78 is 6.18. The lowest BCUT2D eigenvalue weighted by molar-refractivity contribution is -0.166. The van der Waals surface area contributed by atoms with Crippen molar-refractivity contribution < 1.29 is 14.3 Å². The lowest BCUT2D eigenvalue weighted by atomic mass is 9.89. The molecule has 1 saturated heterocycles. The van der Waals surface area contributed by atoms with Crippen LogP contribution < -0.4 is 5.32 Å². The van der Waals surface area contributed by atoms with Gasteiger partial charge >= 0.3 is 0 Å². The zero-order chi connectivity index (χ0) is 23.3. The number of pyridine rings is 1. The number of rotatable bonds is 7. The molecule has 4 rings (SSSR count). The summed E-state index contributed by atoms with van der Waals surface area (Å²) in [7, 11) is 0. The molecule has 2 amide bonds. The molecule has 1 aliphatic carbocycles. The third-order valence-corrected chi connectivity index (χ3v) is 6.75. The molecule has 6 nitrogen and oxygen atoms in total. The first-order chi connectivity index (χ1) is 15.9. The Kier molecular flexibility index (Phi) is 7.43. The molecule has 2 aliphatic rings. The van der Waals surface area contributed by atoms with E-state index in [1.165, 1.54) is 12.8 Å². The number of benzene rings is 1. The van der Waals surface area contributed by atoms with Crippen molar-refractivity contribution in [3.05, 3.63) is 54.4 Å². The Balaban J connectivity index is 1.52. The number of amides is 2. The first kappa shape index (κ1) is 23.4. The van der Waals surface area contributed by atoms with Gasteiger partial charge in [0.2, 0.25) is 5.91 Å². The van der Waals surface area contributed by atoms with Gasteiger partial charge < -0.3 is 15.0 Å². The van der Waals surface area contributed by atoms with Gasteiger partial charge in [0.1, 0.15) is 0 Å². The highest BCUT2D eigenvalue weighted by Gasteiger charge is 2.45. The van der Waals surface area contributed by atoms with E-state index in [2.05, 4.69) is 10.3 Å². The quantitative estimate of drug-likeness (QED) is 0.694. The molecule has 0 radical (unpaired) electrons. The van der Waals surface area contributed by atoms with Crippen LogP contribution in [0, 0.1) is 5.92 Å². The zero-order valence-corrected chi connectivity index (χ0v) is 19.8. The van der Waals surface area contributed by atoms with Crippen LogP contribution in [0.3, 0.4) is 0 Å². The first-order valence-electron chi connectivity index (χ1n) is 12.2. The monoisotopic (exact) mass is 449 g/mol. The van der Waals surface area contributed by atoms with Gasteiger partial charge in [0.15, 0.2) is 5.60 Å². The minimum absolute atomic E-state index is 0.00417. The summed E-state index contributed by atoms with van der Waals surface area (Å²) in [6, 6.07) is 12.1. The molecule has 2 aromatic rings. The summed E-state index contributed by atoms with van der Waals surface area (Å²) in [5.41, 5.74) is 2.05. The standard InChI is InChI=1S/C27H35N3O3/c1-20(2)29-26(32)27(17-22-9-11-23(12-10-22)24-8-5-13-28-18-24)19-30(14-15-33-27)25(31)16-21-6-3-4-7-21/h5,8-13,18,20-21H,3-4,6-7,14-17,19H2,1-2H3,(H,29,32)/t27-/m1/s1. The summed E-state index contributed by atoms with van der Waals surface area (Å²) in [6.45, 7) is 5.10. The normalized spacial score (nSPS) is 21.4. The van der Waals surface area contributed by atoms with E-state index >= 15 is 0 Å². The molecule has 0 bridgehead atoms. The van der Waals surface area contributed by atoms with Gasteiger partial charge in [-0.3, -0.25) is 14.6 Å². The van der Waals surface area contributed by atoms with Crippen molar-refractivity contribution in [1.82, 2.24) is 15.2 Å². The van der Waals surface area contributed by atoms with Gasteiger partial charge in [-0.15, -0.1) is 0 Å². The Hall–Kier alpha value is -2.73. The SMILES string of the molecule is CC(C)NC(=O)[C@@]1(Cc2ccc(-c3cccnc3)cc2)CN(C(=O)CC2CCCC2)CCO1. The predicted molar refractivity (Wildman–Crippen MR) is 128 cm³/mol. The van der Waals surface area contributed by atoms with Crippen LogP contribution in [0.1, 0.15) is 51.5 Å². The van der Waals surface area contributed by atoms with Crippen LogP contribution in [0.5, 0.6) is 0 Å². The largest absolute Gasteiger partial charge is 0.361 e. The Morgan fingerprint density at radius 3 is 2.58 bits per heavy atom. The summed E-state index contributed by atoms with van der Waals surface area (Å²) in [5.74, 6) is 0.491. The van der Waals surface area contributed by atoms with Crippen LogP contribution >= 0.6 is 0 Å². The number of hydrogen-bond donors (Lipinski definition) is 1. The Labute approximate surface area is 196 Å². The number of aromatic nitrogens is 1. The van der Waals surface area contributed by atoms with E-state index in [-0.39, 0.29) is 17.9 Å². The third-order valence-electron chi connectivity index (χ3n) is 6.75. The molecule has 2 fully saturated rings. The van der Waals surface area contributed by atoms with Crippen molar-refractivity contribution in [2.45, 2.75) is 64.0 Å². The molecular formula is C27H35N3O3. The number of nitrogens with one attached hydrogen (secondary N) is 1. The van der Waals surface area contributed by atoms with Crippen molar-refractivity contribution in [2.24, 2.45) is 5.92 Å². The first-order valence-corrected chi connectivity index (χ1v) is 12.2. The van der Waals surface area contributed by atoms with Gasteiger partial charge in [0.25, 0.3) is 5.91 Å². The Morgan fingerprint density at radius 1 is 1.15 bits per heavy atom. The second-order valence-electron chi connectivity index (χ2n) is 9.76. The fraction of sp³-hybridized carbons (Fsp3) is 0.519. The van der Waals surface area contributed by atoms with Gasteiger partial charge in [0.05, 0.1) is 13.2 Å². The van der Waals surface area contributed by atoms with Crippen molar-refractivity contribution in [2.75, 3.05) is 19.7 Å². The number of morpholine rings is 1. The highest BCUT2D eigenvalue weighted by Crippen LogP contribution is 2.30. The van der Waals surface area contributed by atoms with Gasteiger partial charge in [-0.05, 0) is 55.4 Å². The molecule has 1 N–H and O–H groups in total. The number of nitrogens with zero attached hydrogens (tertiary/aromatic N) is 2. The van der Waals surface area contributed by atoms with Gasteiger partial charge in [-0.25, -0.2) is 0 Å². The van der Waals surface area contributed by atoms with Crippen molar-refractivity contribution >= 4 is 11.8 Å². The smallest absolute Gasteiger partial charge is 0.254 e. The van der Waals surface area contributed by atoms with Crippen LogP contribution in [0.25, 0.3) is 11.1 Å². The number of hydrogen-bond acceptors (Lipinski definition) is 4. The number of carbonyl (C=O) groups excluding carboxylic acids is 2. The van der Waals surface area contributed by atoms with Crippen LogP contribution in [0.4, 0.5) is 0 Å². The van der Waals surface area contributed by atoms with Gasteiger partial charge in [0, 0.05) is 37.8 Å². The third kappa shape index (κ3) is 5.80. The zero-order valence-electron chi connectivity index (χ0n) is 19.8. The highest BCUT2D eigenvalue weighted by atomic mass is 16.5. The topological polar surface area (TPSA) is 71.5 Å². The Bertz CT molecular complexity index is 939. The molecular weight excluding hydrogens is 414 g/mol. The Morgan fingerprint density at radius 2 is 1.91 bits per heavy atom. The molecule has 0 spiro atoms. The molecule has 1 saturated carbocycles. The van der Waals surface area contributed by atoms with E-state index in [9.17, 15) is 9.59 Å². The summed E-state index contributed by atoms with van der Waals surface area (Å²) >= 11 is 0. The van der Waals surface area contributed by atoms with E-state index < -0.39 is 5.60 Å². The van der Waals surface area contributed by atoms with Crippen molar-refractivity contribution in [1.29, 1.82) is 0 Å². The summed E-state index contributed by atoms with van der Waals surface area (Å²) in [5, 5.41) is 3.03. The lowest BCUT2D eigenvalue weighted by Crippen LogP contribution is -2.62. The molecule has 1 aromatic heterocycles. The molecule has 1 atom stereocenters. The molecule has 176 valence electrons. The average molecular weight is 450 g/mol. The molecule has 1 aliphatic heterocycles. The van der Waals surface area contributed by atoms with Crippen molar-refractivity contribution in [3.8, 4) is 11.1 Å². The highest BCUT2D eigenvalue weighted by molar-refractivity contribution is 5.87. The maximum atomic E-state index is 13.4. The minimum Gasteiger partial charge on any atom is -0.361 e. The van der Waals surface area contributed by atoms with Gasteiger partial charge in [-0.1, -0.05) is 43.2 Å². The molecule has 1 aromatic carbocycles. The van der Waals surface area contributed by atoms with E-state index in [1.54, 1.807) is 6.20 Å². The van der Waals surface area contributed by atoms with Crippen LogP contribution in [-0.2, 0) is 20.7 Å². The van der Waals surface area contributed by atoms with Crippen LogP contribution in [0.2, 0.25) is 0 Å². The van der Waals surface area contributed by atoms with Crippen LogP contribution in [0.15, 0.2) is 48.8 Å². The molecule has 0 unspecified atom stereocenters. The summed E-state index contributed by atoms with van der Waals surface area (Å²) in [6.07, 6.45) is 9.32. The fourth-order valence-electron chi connectivity index (χ4n) is 4.98. The van der Waals surface area contributed by atoms with E-state index in [4.69, 9.17) is 4.74 Å². The molecule has 33 heavy (non-hydrogen) atoms. The van der Waals surface area contributed by atoms with E-state index in [0.29, 0.717) is 38.5 Å². The maximum absolute atomic E-state index is 13.4. The number of carbonyl (C=O) groups is 2. The van der Waals surface area contributed by atoms with Gasteiger partial charge in [-0.2, -0.15) is 0 Å².